The van der Waals surface area contributed by atoms with Crippen molar-refractivity contribution in [3.63, 3.8) is 0 Å². The Bertz CT molecular complexity index is 84.9. The summed E-state index contributed by atoms with van der Waals surface area (Å²) in [6, 6.07) is 1.18. The van der Waals surface area contributed by atoms with Gasteiger partial charge in [-0.05, 0) is 20.9 Å². The molecule has 54 valence electrons. The Morgan fingerprint density at radius 3 is 2.00 bits per heavy atom. The smallest absolute Gasteiger partial charge is 0.0619 e. The van der Waals surface area contributed by atoms with Crippen LogP contribution in [0.1, 0.15) is 13.8 Å². The maximum Gasteiger partial charge on any atom is 0.0619 e. The van der Waals surface area contributed by atoms with Gasteiger partial charge >= 0.3 is 0 Å². The normalized spacial score (nSPS) is 39.0. The van der Waals surface area contributed by atoms with Crippen molar-refractivity contribution in [1.29, 1.82) is 0 Å². The summed E-state index contributed by atoms with van der Waals surface area (Å²) in [4.78, 5) is 2.35. The molecule has 1 aliphatic rings. The molecule has 1 aliphatic heterocycles. The van der Waals surface area contributed by atoms with E-state index in [-0.39, 0.29) is 0 Å². The molecular weight excluding hydrogens is 114 g/mol. The number of morpholine rings is 1. The predicted molar refractivity (Wildman–Crippen MR) is 37.5 cm³/mol. The van der Waals surface area contributed by atoms with Crippen molar-refractivity contribution in [1.82, 2.24) is 4.90 Å². The molecule has 1 saturated heterocycles. The van der Waals surface area contributed by atoms with Crippen LogP contribution in [0.5, 0.6) is 0 Å². The van der Waals surface area contributed by atoms with Crippen LogP contribution in [0.2, 0.25) is 0 Å². The molecule has 0 aromatic heterocycles. The molecule has 2 heteroatoms. The minimum atomic E-state index is 0.591. The van der Waals surface area contributed by atoms with E-state index in [4.69, 9.17) is 4.74 Å². The van der Waals surface area contributed by atoms with Gasteiger partial charge in [0.15, 0.2) is 0 Å². The van der Waals surface area contributed by atoms with E-state index in [1.54, 1.807) is 0 Å². The Morgan fingerprint density at radius 1 is 1.22 bits per heavy atom. The van der Waals surface area contributed by atoms with Crippen molar-refractivity contribution >= 4 is 0 Å². The van der Waals surface area contributed by atoms with Gasteiger partial charge in [-0.2, -0.15) is 0 Å². The Hall–Kier alpha value is -0.0800. The molecule has 1 heterocycles. The molecule has 1 fully saturated rings. The van der Waals surface area contributed by atoms with E-state index in [0.29, 0.717) is 12.1 Å². The van der Waals surface area contributed by atoms with E-state index in [2.05, 4.69) is 25.8 Å². The molecule has 2 atom stereocenters. The zero-order chi connectivity index (χ0) is 6.85. The standard InChI is InChI=1S/C7H15NO/c1-6-4-9-5-7(2)8(6)3/h6-7H,4-5H2,1-3H3/t6-,7-/m0/s1. The second kappa shape index (κ2) is 2.67. The van der Waals surface area contributed by atoms with Crippen molar-refractivity contribution in [3.05, 3.63) is 0 Å². The van der Waals surface area contributed by atoms with Gasteiger partial charge in [-0.3, -0.25) is 4.90 Å². The molecule has 0 amide bonds. The van der Waals surface area contributed by atoms with Crippen molar-refractivity contribution < 1.29 is 4.74 Å². The summed E-state index contributed by atoms with van der Waals surface area (Å²) < 4.78 is 5.32. The molecule has 9 heavy (non-hydrogen) atoms. The first-order chi connectivity index (χ1) is 4.22. The van der Waals surface area contributed by atoms with Crippen LogP contribution in [0.25, 0.3) is 0 Å². The highest BCUT2D eigenvalue weighted by Crippen LogP contribution is 2.08. The Balaban J connectivity index is 2.41. The fourth-order valence-corrected chi connectivity index (χ4v) is 1.08. The monoisotopic (exact) mass is 129 g/mol. The molecule has 0 saturated carbocycles. The maximum absolute atomic E-state index is 5.32. The lowest BCUT2D eigenvalue weighted by Gasteiger charge is -2.35. The average Bonchev–Trinajstić information content (AvgIpc) is 1.83. The molecule has 0 spiro atoms. The maximum atomic E-state index is 5.32. The first kappa shape index (κ1) is 7.03. The molecule has 0 aromatic carbocycles. The van der Waals surface area contributed by atoms with Gasteiger partial charge in [0, 0.05) is 12.1 Å². The van der Waals surface area contributed by atoms with Crippen LogP contribution in [0.15, 0.2) is 0 Å². The Kier molecular flexibility index (Phi) is 2.09. The van der Waals surface area contributed by atoms with Gasteiger partial charge in [0.05, 0.1) is 13.2 Å². The fourth-order valence-electron chi connectivity index (χ4n) is 1.08. The fraction of sp³-hybridized carbons (Fsp3) is 1.00. The van der Waals surface area contributed by atoms with Gasteiger partial charge in [-0.15, -0.1) is 0 Å². The van der Waals surface area contributed by atoms with E-state index in [1.165, 1.54) is 0 Å². The molecule has 1 rings (SSSR count). The number of hydrogen-bond donors (Lipinski definition) is 0. The van der Waals surface area contributed by atoms with Crippen LogP contribution in [-0.2, 0) is 4.74 Å². The first-order valence-electron chi connectivity index (χ1n) is 3.51. The van der Waals surface area contributed by atoms with Gasteiger partial charge < -0.3 is 4.74 Å². The lowest BCUT2D eigenvalue weighted by Crippen LogP contribution is -2.46. The highest BCUT2D eigenvalue weighted by atomic mass is 16.5. The van der Waals surface area contributed by atoms with E-state index in [9.17, 15) is 0 Å². The third-order valence-electron chi connectivity index (χ3n) is 2.11. The average molecular weight is 129 g/mol. The second-order valence-corrected chi connectivity index (χ2v) is 2.90. The summed E-state index contributed by atoms with van der Waals surface area (Å²) in [5.74, 6) is 0. The van der Waals surface area contributed by atoms with Gasteiger partial charge in [-0.1, -0.05) is 0 Å². The number of hydrogen-bond acceptors (Lipinski definition) is 2. The molecule has 0 N–H and O–H groups in total. The largest absolute Gasteiger partial charge is 0.378 e. The lowest BCUT2D eigenvalue weighted by atomic mass is 10.2. The molecule has 0 radical (unpaired) electrons. The van der Waals surface area contributed by atoms with Crippen molar-refractivity contribution in [3.8, 4) is 0 Å². The third-order valence-corrected chi connectivity index (χ3v) is 2.11. The summed E-state index contributed by atoms with van der Waals surface area (Å²) in [6.45, 7) is 6.16. The lowest BCUT2D eigenvalue weighted by molar-refractivity contribution is -0.0227. The minimum absolute atomic E-state index is 0.591. The molecule has 0 aliphatic carbocycles. The second-order valence-electron chi connectivity index (χ2n) is 2.90. The number of likely N-dealkylation sites (N-methyl/N-ethyl adjacent to an activating group) is 1. The first-order valence-corrected chi connectivity index (χ1v) is 3.51. The van der Waals surface area contributed by atoms with Gasteiger partial charge in [0.2, 0.25) is 0 Å². The summed E-state index contributed by atoms with van der Waals surface area (Å²) >= 11 is 0. The van der Waals surface area contributed by atoms with Gasteiger partial charge in [0.25, 0.3) is 0 Å². The van der Waals surface area contributed by atoms with Crippen molar-refractivity contribution in [2.24, 2.45) is 0 Å². The van der Waals surface area contributed by atoms with Gasteiger partial charge in [-0.25, -0.2) is 0 Å². The molecule has 0 aromatic rings. The van der Waals surface area contributed by atoms with Crippen LogP contribution in [0, 0.1) is 0 Å². The summed E-state index contributed by atoms with van der Waals surface area (Å²) in [6.07, 6.45) is 0. The summed E-state index contributed by atoms with van der Waals surface area (Å²) in [5, 5.41) is 0. The number of nitrogens with zero attached hydrogens (tertiary/aromatic N) is 1. The molecule has 2 nitrogen and oxygen atoms in total. The SMILES string of the molecule is C[C@H]1COC[C@H](C)N1C. The quantitative estimate of drug-likeness (QED) is 0.478. The topological polar surface area (TPSA) is 12.5 Å². The summed E-state index contributed by atoms with van der Waals surface area (Å²) in [7, 11) is 2.15. The van der Waals surface area contributed by atoms with E-state index in [1.807, 2.05) is 0 Å². The van der Waals surface area contributed by atoms with Crippen LogP contribution in [-0.4, -0.2) is 37.2 Å². The molecule has 0 unspecified atom stereocenters. The molecule has 0 bridgehead atoms. The van der Waals surface area contributed by atoms with Crippen LogP contribution in [0.4, 0.5) is 0 Å². The van der Waals surface area contributed by atoms with Crippen LogP contribution < -0.4 is 0 Å². The third kappa shape index (κ3) is 1.43. The zero-order valence-corrected chi connectivity index (χ0v) is 6.42. The zero-order valence-electron chi connectivity index (χ0n) is 6.42. The Labute approximate surface area is 56.8 Å². The highest BCUT2D eigenvalue weighted by molar-refractivity contribution is 4.73. The van der Waals surface area contributed by atoms with E-state index < -0.39 is 0 Å². The van der Waals surface area contributed by atoms with Crippen molar-refractivity contribution in [2.75, 3.05) is 20.3 Å². The highest BCUT2D eigenvalue weighted by Gasteiger charge is 2.20. The van der Waals surface area contributed by atoms with Gasteiger partial charge in [0.1, 0.15) is 0 Å². The number of rotatable bonds is 0. The van der Waals surface area contributed by atoms with E-state index >= 15 is 0 Å². The minimum Gasteiger partial charge on any atom is -0.378 e. The van der Waals surface area contributed by atoms with E-state index in [0.717, 1.165) is 13.2 Å². The number of ether oxygens (including phenoxy) is 1. The molecular formula is C7H15NO. The Morgan fingerprint density at radius 2 is 1.67 bits per heavy atom. The van der Waals surface area contributed by atoms with Crippen molar-refractivity contribution in [2.45, 2.75) is 25.9 Å². The van der Waals surface area contributed by atoms with Crippen LogP contribution >= 0.6 is 0 Å². The summed E-state index contributed by atoms with van der Waals surface area (Å²) in [5.41, 5.74) is 0. The van der Waals surface area contributed by atoms with Crippen LogP contribution in [0.3, 0.4) is 0 Å². The predicted octanol–water partition coefficient (Wildman–Crippen LogP) is 0.725.